The Kier molecular flexibility index (Phi) is 5.31. The molecule has 1 aromatic heterocycles. The van der Waals surface area contributed by atoms with Gasteiger partial charge in [-0.05, 0) is 24.0 Å². The normalized spacial score (nSPS) is 19.9. The number of amides is 1. The Hall–Kier alpha value is -1.93. The fraction of sp³-hybridized carbons (Fsp3) is 0.474. The molecular formula is C19H22F3N3OS. The predicted octanol–water partition coefficient (Wildman–Crippen LogP) is 3.96. The standard InChI is InChI=1S/C19H22F3N3OS/c1-18(2)11-25(7-6-15(18)23)16(26)9-14-10-27-17(24-14)12-4-3-5-13(8-12)19(20,21)22/h3-5,8,10,15H,6-7,9,11,23H2,1-2H3. The number of carbonyl (C=O) groups excluding carboxylic acids is 1. The third-order valence-electron chi connectivity index (χ3n) is 4.99. The molecule has 8 heteroatoms. The number of nitrogens with zero attached hydrogens (tertiary/aromatic N) is 2. The van der Waals surface area contributed by atoms with E-state index >= 15 is 0 Å². The van der Waals surface area contributed by atoms with Gasteiger partial charge in [0, 0.05) is 30.1 Å². The van der Waals surface area contributed by atoms with Crippen molar-refractivity contribution >= 4 is 17.2 Å². The lowest BCUT2D eigenvalue weighted by atomic mass is 9.79. The maximum absolute atomic E-state index is 12.9. The van der Waals surface area contributed by atoms with Crippen LogP contribution in [-0.4, -0.2) is 34.9 Å². The average Bonchev–Trinajstić information content (AvgIpc) is 3.05. The summed E-state index contributed by atoms with van der Waals surface area (Å²) in [6.07, 6.45) is -3.50. The summed E-state index contributed by atoms with van der Waals surface area (Å²) in [4.78, 5) is 18.8. The van der Waals surface area contributed by atoms with Crippen LogP contribution in [0.5, 0.6) is 0 Å². The Morgan fingerprint density at radius 2 is 2.15 bits per heavy atom. The molecule has 1 aliphatic rings. The molecule has 3 rings (SSSR count). The highest BCUT2D eigenvalue weighted by atomic mass is 32.1. The molecule has 2 N–H and O–H groups in total. The summed E-state index contributed by atoms with van der Waals surface area (Å²) in [5.74, 6) is -0.0316. The lowest BCUT2D eigenvalue weighted by Crippen LogP contribution is -2.54. The van der Waals surface area contributed by atoms with Gasteiger partial charge in [-0.1, -0.05) is 26.0 Å². The van der Waals surface area contributed by atoms with Gasteiger partial charge in [0.05, 0.1) is 17.7 Å². The molecule has 0 aliphatic carbocycles. The molecule has 146 valence electrons. The van der Waals surface area contributed by atoms with Crippen LogP contribution in [0.1, 0.15) is 31.5 Å². The van der Waals surface area contributed by atoms with E-state index in [9.17, 15) is 18.0 Å². The fourth-order valence-corrected chi connectivity index (χ4v) is 4.02. The van der Waals surface area contributed by atoms with Crippen LogP contribution in [0.25, 0.3) is 10.6 Å². The number of alkyl halides is 3. The Morgan fingerprint density at radius 1 is 1.41 bits per heavy atom. The van der Waals surface area contributed by atoms with Gasteiger partial charge in [-0.2, -0.15) is 13.2 Å². The van der Waals surface area contributed by atoms with Gasteiger partial charge in [-0.3, -0.25) is 4.79 Å². The van der Waals surface area contributed by atoms with E-state index in [4.69, 9.17) is 5.73 Å². The van der Waals surface area contributed by atoms with E-state index in [2.05, 4.69) is 4.98 Å². The largest absolute Gasteiger partial charge is 0.416 e. The van der Waals surface area contributed by atoms with Crippen LogP contribution in [0.4, 0.5) is 13.2 Å². The number of piperidine rings is 1. The van der Waals surface area contributed by atoms with Crippen molar-refractivity contribution in [3.05, 3.63) is 40.9 Å². The topological polar surface area (TPSA) is 59.2 Å². The van der Waals surface area contributed by atoms with Crippen molar-refractivity contribution in [3.8, 4) is 10.6 Å². The van der Waals surface area contributed by atoms with E-state index < -0.39 is 11.7 Å². The van der Waals surface area contributed by atoms with Crippen molar-refractivity contribution in [3.63, 3.8) is 0 Å². The number of hydrogen-bond acceptors (Lipinski definition) is 4. The van der Waals surface area contributed by atoms with Crippen molar-refractivity contribution in [2.75, 3.05) is 13.1 Å². The molecule has 0 radical (unpaired) electrons. The van der Waals surface area contributed by atoms with Crippen LogP contribution in [0.15, 0.2) is 29.6 Å². The van der Waals surface area contributed by atoms with Crippen LogP contribution in [-0.2, 0) is 17.4 Å². The Labute approximate surface area is 160 Å². The minimum atomic E-state index is -4.39. The Balaban J connectivity index is 1.71. The number of thiazole rings is 1. The van der Waals surface area contributed by atoms with Gasteiger partial charge < -0.3 is 10.6 Å². The highest BCUT2D eigenvalue weighted by Crippen LogP contribution is 2.33. The van der Waals surface area contributed by atoms with E-state index in [-0.39, 0.29) is 23.8 Å². The van der Waals surface area contributed by atoms with Gasteiger partial charge in [0.15, 0.2) is 0 Å². The van der Waals surface area contributed by atoms with Crippen molar-refractivity contribution in [2.24, 2.45) is 11.1 Å². The number of rotatable bonds is 3. The maximum Gasteiger partial charge on any atom is 0.416 e. The molecular weight excluding hydrogens is 375 g/mol. The maximum atomic E-state index is 12.9. The highest BCUT2D eigenvalue weighted by molar-refractivity contribution is 7.13. The third-order valence-corrected chi connectivity index (χ3v) is 5.93. The zero-order valence-electron chi connectivity index (χ0n) is 15.2. The number of benzene rings is 1. The minimum absolute atomic E-state index is 0.0316. The Morgan fingerprint density at radius 3 is 2.81 bits per heavy atom. The smallest absolute Gasteiger partial charge is 0.342 e. The van der Waals surface area contributed by atoms with Gasteiger partial charge in [-0.15, -0.1) is 11.3 Å². The second-order valence-electron chi connectivity index (χ2n) is 7.60. The monoisotopic (exact) mass is 397 g/mol. The van der Waals surface area contributed by atoms with Crippen LogP contribution < -0.4 is 5.73 Å². The van der Waals surface area contributed by atoms with Crippen LogP contribution >= 0.6 is 11.3 Å². The molecule has 1 unspecified atom stereocenters. The van der Waals surface area contributed by atoms with Gasteiger partial charge in [-0.25, -0.2) is 4.98 Å². The summed E-state index contributed by atoms with van der Waals surface area (Å²) >= 11 is 1.24. The average molecular weight is 397 g/mol. The molecule has 1 saturated heterocycles. The zero-order valence-corrected chi connectivity index (χ0v) is 16.0. The van der Waals surface area contributed by atoms with Gasteiger partial charge in [0.1, 0.15) is 5.01 Å². The van der Waals surface area contributed by atoms with Gasteiger partial charge >= 0.3 is 6.18 Å². The molecule has 4 nitrogen and oxygen atoms in total. The molecule has 1 amide bonds. The number of likely N-dealkylation sites (tertiary alicyclic amines) is 1. The lowest BCUT2D eigenvalue weighted by Gasteiger charge is -2.42. The van der Waals surface area contributed by atoms with Crippen molar-refractivity contribution < 1.29 is 18.0 Å². The SMILES string of the molecule is CC1(C)CN(C(=O)Cc2csc(-c3cccc(C(F)(F)F)c3)n2)CCC1N. The molecule has 1 aliphatic heterocycles. The van der Waals surface area contributed by atoms with E-state index in [1.54, 1.807) is 16.3 Å². The summed E-state index contributed by atoms with van der Waals surface area (Å²) in [5, 5.41) is 2.21. The van der Waals surface area contributed by atoms with E-state index in [1.807, 2.05) is 13.8 Å². The zero-order chi connectivity index (χ0) is 19.8. The van der Waals surface area contributed by atoms with Crippen molar-refractivity contribution in [1.29, 1.82) is 0 Å². The molecule has 2 aromatic rings. The van der Waals surface area contributed by atoms with Crippen LogP contribution in [0, 0.1) is 5.41 Å². The predicted molar refractivity (Wildman–Crippen MR) is 99.2 cm³/mol. The third kappa shape index (κ3) is 4.50. The second kappa shape index (κ2) is 7.24. The quantitative estimate of drug-likeness (QED) is 0.853. The van der Waals surface area contributed by atoms with Gasteiger partial charge in [0.2, 0.25) is 5.91 Å². The fourth-order valence-electron chi connectivity index (χ4n) is 3.20. The number of halogens is 3. The molecule has 1 fully saturated rings. The molecule has 2 heterocycles. The summed E-state index contributed by atoms with van der Waals surface area (Å²) < 4.78 is 38.6. The molecule has 0 saturated carbocycles. The van der Waals surface area contributed by atoms with Crippen LogP contribution in [0.3, 0.4) is 0 Å². The van der Waals surface area contributed by atoms with Gasteiger partial charge in [0.25, 0.3) is 0 Å². The summed E-state index contributed by atoms with van der Waals surface area (Å²) in [5.41, 5.74) is 6.24. The van der Waals surface area contributed by atoms with E-state index in [1.165, 1.54) is 17.4 Å². The second-order valence-corrected chi connectivity index (χ2v) is 8.46. The number of carbonyl (C=O) groups is 1. The van der Waals surface area contributed by atoms with E-state index in [0.717, 1.165) is 18.6 Å². The first-order valence-electron chi connectivity index (χ1n) is 8.72. The first-order chi connectivity index (χ1) is 12.6. The minimum Gasteiger partial charge on any atom is -0.342 e. The molecule has 0 spiro atoms. The lowest BCUT2D eigenvalue weighted by molar-refractivity contribution is -0.137. The number of nitrogens with two attached hydrogens (primary N) is 1. The first kappa shape index (κ1) is 19.8. The molecule has 1 atom stereocenters. The van der Waals surface area contributed by atoms with Crippen molar-refractivity contribution in [1.82, 2.24) is 9.88 Å². The summed E-state index contributed by atoms with van der Waals surface area (Å²) in [6, 6.07) is 5.13. The molecule has 1 aromatic carbocycles. The highest BCUT2D eigenvalue weighted by Gasteiger charge is 2.35. The summed E-state index contributed by atoms with van der Waals surface area (Å²) in [7, 11) is 0. The van der Waals surface area contributed by atoms with Crippen molar-refractivity contribution in [2.45, 2.75) is 38.9 Å². The number of aromatic nitrogens is 1. The Bertz CT molecular complexity index is 832. The van der Waals surface area contributed by atoms with E-state index in [0.29, 0.717) is 29.4 Å². The molecule has 27 heavy (non-hydrogen) atoms. The molecule has 0 bridgehead atoms. The van der Waals surface area contributed by atoms with Crippen LogP contribution in [0.2, 0.25) is 0 Å². The summed E-state index contributed by atoms with van der Waals surface area (Å²) in [6.45, 7) is 5.31. The first-order valence-corrected chi connectivity index (χ1v) is 9.59. The number of hydrogen-bond donors (Lipinski definition) is 1.